The van der Waals surface area contributed by atoms with E-state index in [9.17, 15) is 4.79 Å². The van der Waals surface area contributed by atoms with Gasteiger partial charge in [0.25, 0.3) is 5.91 Å². The summed E-state index contributed by atoms with van der Waals surface area (Å²) in [6, 6.07) is 13.0. The fourth-order valence-corrected chi connectivity index (χ4v) is 2.10. The van der Waals surface area contributed by atoms with Gasteiger partial charge >= 0.3 is 0 Å². The van der Waals surface area contributed by atoms with Gasteiger partial charge in [-0.3, -0.25) is 4.79 Å². The smallest absolute Gasteiger partial charge is 0.251 e. The van der Waals surface area contributed by atoms with E-state index >= 15 is 0 Å². The van der Waals surface area contributed by atoms with Gasteiger partial charge in [0.1, 0.15) is 0 Å². The molecule has 0 unspecified atom stereocenters. The highest BCUT2D eigenvalue weighted by atomic mass is 35.5. The van der Waals surface area contributed by atoms with Gasteiger partial charge in [-0.2, -0.15) is 0 Å². The topological polar surface area (TPSA) is 41.1 Å². The molecule has 0 atom stereocenters. The molecule has 2 aromatic carbocycles. The number of carbonyl (C=O) groups excluding carboxylic acids is 1. The van der Waals surface area contributed by atoms with Crippen molar-refractivity contribution in [1.29, 1.82) is 0 Å². The third-order valence-corrected chi connectivity index (χ3v) is 3.38. The third-order valence-electron chi connectivity index (χ3n) is 3.12. The van der Waals surface area contributed by atoms with Crippen LogP contribution in [0.15, 0.2) is 42.5 Å². The van der Waals surface area contributed by atoms with Gasteiger partial charge < -0.3 is 10.6 Å². The molecule has 0 saturated heterocycles. The minimum absolute atomic E-state index is 0.0781. The average Bonchev–Trinajstić information content (AvgIpc) is 2.46. The summed E-state index contributed by atoms with van der Waals surface area (Å²) in [4.78, 5) is 12.1. The van der Waals surface area contributed by atoms with Gasteiger partial charge in [0, 0.05) is 29.9 Å². The van der Waals surface area contributed by atoms with Gasteiger partial charge in [0.2, 0.25) is 0 Å². The molecular weight excluding hydrogens is 272 g/mol. The molecule has 0 aliphatic carbocycles. The number of nitrogens with one attached hydrogen (secondary N) is 2. The number of hydrogen-bond acceptors (Lipinski definition) is 2. The van der Waals surface area contributed by atoms with Crippen LogP contribution in [-0.2, 0) is 6.54 Å². The summed E-state index contributed by atoms with van der Waals surface area (Å²) in [6.45, 7) is 2.46. The monoisotopic (exact) mass is 288 g/mol. The number of amides is 1. The van der Waals surface area contributed by atoms with Crippen LogP contribution in [0.5, 0.6) is 0 Å². The lowest BCUT2D eigenvalue weighted by molar-refractivity contribution is 0.0951. The van der Waals surface area contributed by atoms with Crippen LogP contribution in [0.1, 0.15) is 21.5 Å². The number of carbonyl (C=O) groups is 1. The number of anilines is 1. The molecule has 0 bridgehead atoms. The second kappa shape index (κ2) is 6.44. The Labute approximate surface area is 124 Å². The fourth-order valence-electron chi connectivity index (χ4n) is 1.97. The maximum atomic E-state index is 12.1. The van der Waals surface area contributed by atoms with E-state index in [1.807, 2.05) is 56.4 Å². The van der Waals surface area contributed by atoms with Crippen LogP contribution in [0.25, 0.3) is 0 Å². The van der Waals surface area contributed by atoms with Crippen molar-refractivity contribution in [2.75, 3.05) is 12.4 Å². The Morgan fingerprint density at radius 3 is 2.45 bits per heavy atom. The molecule has 2 rings (SSSR count). The second-order valence-corrected chi connectivity index (χ2v) is 5.03. The predicted octanol–water partition coefficient (Wildman–Crippen LogP) is 3.62. The van der Waals surface area contributed by atoms with Gasteiger partial charge in [-0.05, 0) is 48.4 Å². The van der Waals surface area contributed by atoms with Gasteiger partial charge in [-0.1, -0.05) is 23.7 Å². The molecule has 2 N–H and O–H groups in total. The zero-order valence-corrected chi connectivity index (χ0v) is 12.3. The molecule has 0 heterocycles. The van der Waals surface area contributed by atoms with Crippen LogP contribution in [0.2, 0.25) is 5.02 Å². The largest absolute Gasteiger partial charge is 0.388 e. The molecular formula is C16H17ClN2O. The van der Waals surface area contributed by atoms with E-state index in [2.05, 4.69) is 10.6 Å². The first-order valence-corrected chi connectivity index (χ1v) is 6.79. The quantitative estimate of drug-likeness (QED) is 0.902. The van der Waals surface area contributed by atoms with Crippen molar-refractivity contribution in [3.8, 4) is 0 Å². The van der Waals surface area contributed by atoms with Crippen LogP contribution in [0.3, 0.4) is 0 Å². The lowest BCUT2D eigenvalue weighted by Gasteiger charge is -2.09. The molecule has 104 valence electrons. The second-order valence-electron chi connectivity index (χ2n) is 4.59. The summed E-state index contributed by atoms with van der Waals surface area (Å²) in [5.74, 6) is -0.0781. The number of rotatable bonds is 4. The van der Waals surface area contributed by atoms with Gasteiger partial charge in [-0.25, -0.2) is 0 Å². The number of aryl methyl sites for hydroxylation is 1. The molecule has 0 aliphatic rings. The molecule has 0 radical (unpaired) electrons. The Morgan fingerprint density at radius 2 is 1.85 bits per heavy atom. The molecule has 3 nitrogen and oxygen atoms in total. The van der Waals surface area contributed by atoms with E-state index < -0.39 is 0 Å². The molecule has 2 aromatic rings. The zero-order chi connectivity index (χ0) is 14.5. The molecule has 0 aromatic heterocycles. The Morgan fingerprint density at radius 1 is 1.15 bits per heavy atom. The zero-order valence-electron chi connectivity index (χ0n) is 11.5. The lowest BCUT2D eigenvalue weighted by atomic mass is 10.1. The fraction of sp³-hybridized carbons (Fsp3) is 0.188. The van der Waals surface area contributed by atoms with Crippen molar-refractivity contribution in [3.63, 3.8) is 0 Å². The van der Waals surface area contributed by atoms with E-state index in [1.165, 1.54) is 0 Å². The summed E-state index contributed by atoms with van der Waals surface area (Å²) in [5.41, 5.74) is 3.76. The molecule has 0 aliphatic heterocycles. The number of hydrogen-bond donors (Lipinski definition) is 2. The van der Waals surface area contributed by atoms with Crippen LogP contribution >= 0.6 is 11.6 Å². The van der Waals surface area contributed by atoms with Crippen molar-refractivity contribution in [1.82, 2.24) is 5.32 Å². The molecule has 4 heteroatoms. The van der Waals surface area contributed by atoms with Crippen molar-refractivity contribution in [2.24, 2.45) is 0 Å². The molecule has 0 fully saturated rings. The Balaban J connectivity index is 2.01. The summed E-state index contributed by atoms with van der Waals surface area (Å²) in [5, 5.41) is 6.67. The van der Waals surface area contributed by atoms with E-state index in [0.717, 1.165) is 16.8 Å². The minimum atomic E-state index is -0.0781. The van der Waals surface area contributed by atoms with E-state index in [0.29, 0.717) is 17.1 Å². The van der Waals surface area contributed by atoms with Gasteiger partial charge in [0.15, 0.2) is 0 Å². The first-order valence-electron chi connectivity index (χ1n) is 6.41. The Hall–Kier alpha value is -2.00. The van der Waals surface area contributed by atoms with Crippen molar-refractivity contribution < 1.29 is 4.79 Å². The normalized spacial score (nSPS) is 10.2. The maximum Gasteiger partial charge on any atom is 0.251 e. The number of benzene rings is 2. The summed E-state index contributed by atoms with van der Waals surface area (Å²) < 4.78 is 0. The highest BCUT2D eigenvalue weighted by Gasteiger charge is 2.07. The molecule has 0 spiro atoms. The van der Waals surface area contributed by atoms with Crippen LogP contribution in [0, 0.1) is 6.92 Å². The van der Waals surface area contributed by atoms with E-state index in [1.54, 1.807) is 0 Å². The van der Waals surface area contributed by atoms with Crippen molar-refractivity contribution >= 4 is 23.2 Å². The third kappa shape index (κ3) is 3.52. The van der Waals surface area contributed by atoms with Crippen molar-refractivity contribution in [3.05, 3.63) is 64.2 Å². The average molecular weight is 289 g/mol. The van der Waals surface area contributed by atoms with Crippen LogP contribution < -0.4 is 10.6 Å². The Kier molecular flexibility index (Phi) is 4.64. The molecule has 20 heavy (non-hydrogen) atoms. The summed E-state index contributed by atoms with van der Waals surface area (Å²) in [6.07, 6.45) is 0. The van der Waals surface area contributed by atoms with Gasteiger partial charge in [0.05, 0.1) is 0 Å². The SMILES string of the molecule is CNc1ccc(C(=O)NCc2ccc(Cl)cc2)cc1C. The molecule has 0 saturated carbocycles. The summed E-state index contributed by atoms with van der Waals surface area (Å²) in [7, 11) is 1.86. The molecule has 1 amide bonds. The highest BCUT2D eigenvalue weighted by Crippen LogP contribution is 2.16. The van der Waals surface area contributed by atoms with Crippen LogP contribution in [0.4, 0.5) is 5.69 Å². The van der Waals surface area contributed by atoms with E-state index in [-0.39, 0.29) is 5.91 Å². The number of halogens is 1. The first-order chi connectivity index (χ1) is 9.60. The maximum absolute atomic E-state index is 12.1. The van der Waals surface area contributed by atoms with Crippen molar-refractivity contribution in [2.45, 2.75) is 13.5 Å². The van der Waals surface area contributed by atoms with Crippen LogP contribution in [-0.4, -0.2) is 13.0 Å². The lowest BCUT2D eigenvalue weighted by Crippen LogP contribution is -2.22. The predicted molar refractivity (Wildman–Crippen MR) is 83.3 cm³/mol. The summed E-state index contributed by atoms with van der Waals surface area (Å²) >= 11 is 5.82. The van der Waals surface area contributed by atoms with E-state index in [4.69, 9.17) is 11.6 Å². The highest BCUT2D eigenvalue weighted by molar-refractivity contribution is 6.30. The van der Waals surface area contributed by atoms with Gasteiger partial charge in [-0.15, -0.1) is 0 Å². The first kappa shape index (κ1) is 14.4. The Bertz CT molecular complexity index is 608. The standard InChI is InChI=1S/C16H17ClN2O/c1-11-9-13(5-8-15(11)18-2)16(20)19-10-12-3-6-14(17)7-4-12/h3-9,18H,10H2,1-2H3,(H,19,20). The minimum Gasteiger partial charge on any atom is -0.388 e.